The van der Waals surface area contributed by atoms with Gasteiger partial charge in [0.1, 0.15) is 16.4 Å². The maximum Gasteiger partial charge on any atom is 0.250 e. The highest BCUT2D eigenvalue weighted by Crippen LogP contribution is 2.23. The molecule has 0 aliphatic carbocycles. The van der Waals surface area contributed by atoms with Crippen LogP contribution in [0.5, 0.6) is 0 Å². The minimum Gasteiger partial charge on any atom is -0.396 e. The zero-order chi connectivity index (χ0) is 13.9. The first-order valence-corrected chi connectivity index (χ1v) is 7.90. The number of H-pyrrole nitrogens is 1. The van der Waals surface area contributed by atoms with Gasteiger partial charge in [-0.05, 0) is 19.1 Å². The summed E-state index contributed by atoms with van der Waals surface area (Å²) in [7, 11) is -3.58. The highest BCUT2D eigenvalue weighted by atomic mass is 32.2. The van der Waals surface area contributed by atoms with Gasteiger partial charge in [0.05, 0.1) is 6.04 Å². The molecule has 0 aliphatic heterocycles. The highest BCUT2D eigenvalue weighted by molar-refractivity contribution is 7.91. The molecule has 2 heterocycles. The summed E-state index contributed by atoms with van der Waals surface area (Å²) in [6.45, 7) is 1.68. The first-order chi connectivity index (χ1) is 9.03. The molecule has 0 spiro atoms. The van der Waals surface area contributed by atoms with E-state index in [1.807, 2.05) is 0 Å². The molecule has 7 nitrogen and oxygen atoms in total. The van der Waals surface area contributed by atoms with Gasteiger partial charge in [-0.25, -0.2) is 18.1 Å². The number of hydrogen-bond donors (Lipinski definition) is 3. The third kappa shape index (κ3) is 3.38. The summed E-state index contributed by atoms with van der Waals surface area (Å²) in [5.41, 5.74) is 0. The molecule has 3 N–H and O–H groups in total. The number of nitrogens with one attached hydrogen (secondary N) is 2. The number of aromatic amines is 1. The molecule has 0 fully saturated rings. The maximum absolute atomic E-state index is 12.1. The minimum absolute atomic E-state index is 0.00188. The molecule has 1 unspecified atom stereocenters. The van der Waals surface area contributed by atoms with E-state index in [1.165, 1.54) is 12.4 Å². The Hall–Kier alpha value is -1.29. The molecule has 1 atom stereocenters. The molecule has 0 aliphatic rings. The first-order valence-electron chi connectivity index (χ1n) is 5.60. The van der Waals surface area contributed by atoms with Crippen LogP contribution in [0, 0.1) is 0 Å². The second kappa shape index (κ2) is 5.78. The van der Waals surface area contributed by atoms with E-state index < -0.39 is 16.1 Å². The summed E-state index contributed by atoms with van der Waals surface area (Å²) in [6, 6.07) is 2.75. The largest absolute Gasteiger partial charge is 0.396 e. The van der Waals surface area contributed by atoms with Gasteiger partial charge < -0.3 is 5.11 Å². The standard InChI is InChI=1S/C10H14N4O3S2/c1-7(10-11-6-12-13-10)14-19(16,17)9-3-2-8(18-9)4-5-15/h2-3,6-7,14-15H,4-5H2,1H3,(H,11,12,13). The van der Waals surface area contributed by atoms with Gasteiger partial charge in [-0.1, -0.05) is 0 Å². The third-order valence-corrected chi connectivity index (χ3v) is 5.61. The van der Waals surface area contributed by atoms with Crippen LogP contribution in [-0.2, 0) is 16.4 Å². The van der Waals surface area contributed by atoms with Crippen molar-refractivity contribution in [2.24, 2.45) is 0 Å². The van der Waals surface area contributed by atoms with Crippen molar-refractivity contribution in [3.8, 4) is 0 Å². The SMILES string of the molecule is CC(NS(=O)(=O)c1ccc(CCO)s1)c1ncn[nH]1. The van der Waals surface area contributed by atoms with Crippen molar-refractivity contribution < 1.29 is 13.5 Å². The van der Waals surface area contributed by atoms with Gasteiger partial charge in [0.15, 0.2) is 0 Å². The fourth-order valence-corrected chi connectivity index (χ4v) is 4.09. The molecular weight excluding hydrogens is 288 g/mol. The van der Waals surface area contributed by atoms with E-state index in [0.29, 0.717) is 12.2 Å². The number of aliphatic hydroxyl groups excluding tert-OH is 1. The fourth-order valence-electron chi connectivity index (χ4n) is 1.52. The number of rotatable bonds is 6. The van der Waals surface area contributed by atoms with E-state index >= 15 is 0 Å². The lowest BCUT2D eigenvalue weighted by Gasteiger charge is -2.10. The van der Waals surface area contributed by atoms with E-state index in [1.54, 1.807) is 13.0 Å². The van der Waals surface area contributed by atoms with Gasteiger partial charge in [-0.15, -0.1) is 11.3 Å². The fraction of sp³-hybridized carbons (Fsp3) is 0.400. The Morgan fingerprint density at radius 3 is 2.95 bits per heavy atom. The minimum atomic E-state index is -3.58. The lowest BCUT2D eigenvalue weighted by atomic mass is 10.3. The average Bonchev–Trinajstić information content (AvgIpc) is 2.99. The van der Waals surface area contributed by atoms with Crippen LogP contribution in [0.15, 0.2) is 22.7 Å². The van der Waals surface area contributed by atoms with Crippen LogP contribution in [0.4, 0.5) is 0 Å². The van der Waals surface area contributed by atoms with Gasteiger partial charge in [0.25, 0.3) is 10.0 Å². The van der Waals surface area contributed by atoms with Crippen molar-refractivity contribution in [3.63, 3.8) is 0 Å². The van der Waals surface area contributed by atoms with E-state index in [4.69, 9.17) is 5.11 Å². The summed E-state index contributed by atoms with van der Waals surface area (Å²) in [5, 5.41) is 15.1. The molecule has 0 radical (unpaired) electrons. The maximum atomic E-state index is 12.1. The van der Waals surface area contributed by atoms with Crippen LogP contribution in [0.25, 0.3) is 0 Å². The molecule has 2 aromatic heterocycles. The topological polar surface area (TPSA) is 108 Å². The van der Waals surface area contributed by atoms with Crippen molar-refractivity contribution in [3.05, 3.63) is 29.2 Å². The first kappa shape index (κ1) is 14.1. The molecule has 0 amide bonds. The number of aromatic nitrogens is 3. The number of sulfonamides is 1. The Bertz CT molecular complexity index is 621. The molecule has 2 aromatic rings. The number of hydrogen-bond acceptors (Lipinski definition) is 6. The molecular formula is C10H14N4O3S2. The smallest absolute Gasteiger partial charge is 0.250 e. The predicted octanol–water partition coefficient (Wildman–Crippen LogP) is 0.441. The van der Waals surface area contributed by atoms with Gasteiger partial charge in [0.2, 0.25) is 0 Å². The Morgan fingerprint density at radius 1 is 1.53 bits per heavy atom. The van der Waals surface area contributed by atoms with Crippen LogP contribution >= 0.6 is 11.3 Å². The van der Waals surface area contributed by atoms with Crippen LogP contribution in [0.3, 0.4) is 0 Å². The van der Waals surface area contributed by atoms with Crippen molar-refractivity contribution >= 4 is 21.4 Å². The Balaban J connectivity index is 2.13. The van der Waals surface area contributed by atoms with Crippen molar-refractivity contribution in [1.82, 2.24) is 19.9 Å². The molecule has 9 heteroatoms. The second-order valence-electron chi connectivity index (χ2n) is 3.91. The van der Waals surface area contributed by atoms with Gasteiger partial charge in [0, 0.05) is 17.9 Å². The van der Waals surface area contributed by atoms with Gasteiger partial charge >= 0.3 is 0 Å². The number of nitrogens with zero attached hydrogens (tertiary/aromatic N) is 2. The molecule has 0 saturated carbocycles. The highest BCUT2D eigenvalue weighted by Gasteiger charge is 2.21. The predicted molar refractivity (Wildman–Crippen MR) is 70.2 cm³/mol. The summed E-state index contributed by atoms with van der Waals surface area (Å²) in [6.07, 6.45) is 1.78. The van der Waals surface area contributed by atoms with Crippen molar-refractivity contribution in [2.45, 2.75) is 23.6 Å². The molecule has 0 aromatic carbocycles. The lowest BCUT2D eigenvalue weighted by Crippen LogP contribution is -2.27. The lowest BCUT2D eigenvalue weighted by molar-refractivity contribution is 0.300. The molecule has 104 valence electrons. The second-order valence-corrected chi connectivity index (χ2v) is 7.02. The molecule has 19 heavy (non-hydrogen) atoms. The summed E-state index contributed by atoms with van der Waals surface area (Å²) >= 11 is 1.15. The van der Waals surface area contributed by atoms with E-state index in [2.05, 4.69) is 19.9 Å². The molecule has 0 saturated heterocycles. The van der Waals surface area contributed by atoms with Crippen LogP contribution < -0.4 is 4.72 Å². The zero-order valence-electron chi connectivity index (χ0n) is 10.2. The Kier molecular flexibility index (Phi) is 4.30. The van der Waals surface area contributed by atoms with Gasteiger partial charge in [-0.2, -0.15) is 5.10 Å². The zero-order valence-corrected chi connectivity index (χ0v) is 11.8. The monoisotopic (exact) mass is 302 g/mol. The molecule has 0 bridgehead atoms. The van der Waals surface area contributed by atoms with Crippen LogP contribution in [-0.4, -0.2) is 35.3 Å². The third-order valence-electron chi connectivity index (χ3n) is 2.44. The van der Waals surface area contributed by atoms with Crippen molar-refractivity contribution in [1.29, 1.82) is 0 Å². The van der Waals surface area contributed by atoms with Gasteiger partial charge in [-0.3, -0.25) is 5.10 Å². The quantitative estimate of drug-likeness (QED) is 0.717. The van der Waals surface area contributed by atoms with Crippen molar-refractivity contribution in [2.75, 3.05) is 6.61 Å². The summed E-state index contributed by atoms with van der Waals surface area (Å²) < 4.78 is 27.0. The summed E-state index contributed by atoms with van der Waals surface area (Å²) in [5.74, 6) is 0.454. The summed E-state index contributed by atoms with van der Waals surface area (Å²) in [4.78, 5) is 4.73. The van der Waals surface area contributed by atoms with Crippen LogP contribution in [0.1, 0.15) is 23.7 Å². The Labute approximate surface area is 114 Å². The van der Waals surface area contributed by atoms with E-state index in [9.17, 15) is 8.42 Å². The van der Waals surface area contributed by atoms with E-state index in [-0.39, 0.29) is 10.8 Å². The average molecular weight is 302 g/mol. The molecule has 2 rings (SSSR count). The Morgan fingerprint density at radius 2 is 2.32 bits per heavy atom. The van der Waals surface area contributed by atoms with Crippen LogP contribution in [0.2, 0.25) is 0 Å². The van der Waals surface area contributed by atoms with E-state index in [0.717, 1.165) is 16.2 Å². The number of thiophene rings is 1. The number of aliphatic hydroxyl groups is 1. The normalized spacial score (nSPS) is 13.6.